The fourth-order valence-electron chi connectivity index (χ4n) is 4.06. The molecule has 0 unspecified atom stereocenters. The predicted molar refractivity (Wildman–Crippen MR) is 115 cm³/mol. The normalized spacial score (nSPS) is 16.8. The van der Waals surface area contributed by atoms with Crippen LogP contribution in [0.4, 0.5) is 5.69 Å². The number of amides is 1. The molecule has 1 amide bonds. The third-order valence-corrected chi connectivity index (χ3v) is 6.00. The molecule has 0 saturated carbocycles. The van der Waals surface area contributed by atoms with Crippen LogP contribution in [0.2, 0.25) is 5.02 Å². The summed E-state index contributed by atoms with van der Waals surface area (Å²) >= 11 is 6.63. The number of aromatic nitrogens is 2. The smallest absolute Gasteiger partial charge is 0.219 e. The van der Waals surface area contributed by atoms with Crippen molar-refractivity contribution in [2.45, 2.75) is 26.2 Å². The van der Waals surface area contributed by atoms with Crippen LogP contribution in [0.3, 0.4) is 0 Å². The Morgan fingerprint density at radius 3 is 2.76 bits per heavy atom. The Balaban J connectivity index is 1.69. The van der Waals surface area contributed by atoms with E-state index in [1.165, 1.54) is 0 Å². The third-order valence-electron chi connectivity index (χ3n) is 5.69. The van der Waals surface area contributed by atoms with E-state index in [4.69, 9.17) is 22.7 Å². The molecule has 2 aliphatic rings. The van der Waals surface area contributed by atoms with Crippen molar-refractivity contribution in [2.24, 2.45) is 12.8 Å². The van der Waals surface area contributed by atoms with Gasteiger partial charge in [-0.15, -0.1) is 0 Å². The molecule has 2 aliphatic heterocycles. The summed E-state index contributed by atoms with van der Waals surface area (Å²) in [5.41, 5.74) is 11.7. The lowest BCUT2D eigenvalue weighted by molar-refractivity contribution is -0.128. The topological polar surface area (TPSA) is 91.2 Å². The van der Waals surface area contributed by atoms with Crippen molar-refractivity contribution >= 4 is 29.0 Å². The Labute approximate surface area is 175 Å². The summed E-state index contributed by atoms with van der Waals surface area (Å²) in [4.78, 5) is 15.5. The van der Waals surface area contributed by atoms with Crippen LogP contribution in [0.25, 0.3) is 11.1 Å². The molecule has 1 aromatic heterocycles. The van der Waals surface area contributed by atoms with Gasteiger partial charge in [0.25, 0.3) is 0 Å². The minimum absolute atomic E-state index is 0.00556. The number of nitrogens with zero attached hydrogens (tertiary/aromatic N) is 4. The first-order chi connectivity index (χ1) is 13.8. The Bertz CT molecular complexity index is 1020. The van der Waals surface area contributed by atoms with Gasteiger partial charge in [0.15, 0.2) is 0 Å². The molecule has 0 atom stereocenters. The summed E-state index contributed by atoms with van der Waals surface area (Å²) in [6, 6.07) is 4.05. The van der Waals surface area contributed by atoms with Gasteiger partial charge in [-0.3, -0.25) is 14.9 Å². The maximum atomic E-state index is 11.8. The van der Waals surface area contributed by atoms with Crippen molar-refractivity contribution in [1.29, 1.82) is 5.41 Å². The molecule has 0 saturated heterocycles. The molecule has 0 bridgehead atoms. The molecular formula is C21H25ClN6O. The summed E-state index contributed by atoms with van der Waals surface area (Å²) in [6.45, 7) is 3.27. The summed E-state index contributed by atoms with van der Waals surface area (Å²) < 4.78 is 1.76. The SMILES string of the molecule is CC(=O)N1CCC(N)=C(C(=N)N2CCCc3cc(-c4cnn(C)c4)c(Cl)cc32)C1. The largest absolute Gasteiger partial charge is 0.402 e. The first-order valence-electron chi connectivity index (χ1n) is 9.76. The van der Waals surface area contributed by atoms with Crippen molar-refractivity contribution in [3.05, 3.63) is 46.4 Å². The van der Waals surface area contributed by atoms with E-state index in [1.807, 2.05) is 24.2 Å². The molecule has 4 rings (SSSR count). The van der Waals surface area contributed by atoms with E-state index < -0.39 is 0 Å². The highest BCUT2D eigenvalue weighted by atomic mass is 35.5. The Morgan fingerprint density at radius 2 is 2.07 bits per heavy atom. The van der Waals surface area contributed by atoms with Gasteiger partial charge in [0.1, 0.15) is 5.84 Å². The number of nitrogens with one attached hydrogen (secondary N) is 1. The number of nitrogens with two attached hydrogens (primary N) is 1. The number of hydrogen-bond acceptors (Lipinski definition) is 4. The van der Waals surface area contributed by atoms with Gasteiger partial charge in [-0.05, 0) is 30.5 Å². The standard InChI is InChI=1S/C21H25ClN6O/c1-13(29)27-7-5-19(23)17(12-27)21(24)28-6-3-4-14-8-16(18(22)9-20(14)28)15-10-25-26(2)11-15/h8-11,24H,3-7,12,23H2,1-2H3. The number of rotatable bonds is 2. The molecule has 3 heterocycles. The van der Waals surface area contributed by atoms with Gasteiger partial charge < -0.3 is 15.5 Å². The number of benzene rings is 1. The monoisotopic (exact) mass is 412 g/mol. The van der Waals surface area contributed by atoms with E-state index in [0.29, 0.717) is 36.1 Å². The predicted octanol–water partition coefficient (Wildman–Crippen LogP) is 2.94. The molecule has 3 N–H and O–H groups in total. The summed E-state index contributed by atoms with van der Waals surface area (Å²) in [7, 11) is 1.88. The van der Waals surface area contributed by atoms with Crippen molar-refractivity contribution in [2.75, 3.05) is 24.5 Å². The van der Waals surface area contributed by atoms with Crippen molar-refractivity contribution < 1.29 is 4.79 Å². The number of carbonyl (C=O) groups is 1. The maximum Gasteiger partial charge on any atom is 0.219 e. The molecule has 0 fully saturated rings. The zero-order chi connectivity index (χ0) is 20.7. The van der Waals surface area contributed by atoms with E-state index in [0.717, 1.165) is 47.3 Å². The number of hydrogen-bond donors (Lipinski definition) is 2. The minimum atomic E-state index is 0.00556. The van der Waals surface area contributed by atoms with Crippen LogP contribution in [0, 0.1) is 5.41 Å². The van der Waals surface area contributed by atoms with E-state index in [2.05, 4.69) is 11.2 Å². The molecule has 1 aromatic carbocycles. The summed E-state index contributed by atoms with van der Waals surface area (Å²) in [6.07, 6.45) is 6.21. The average Bonchev–Trinajstić information content (AvgIpc) is 3.12. The van der Waals surface area contributed by atoms with Gasteiger partial charge in [-0.1, -0.05) is 11.6 Å². The van der Waals surface area contributed by atoms with Crippen LogP contribution in [0.5, 0.6) is 0 Å². The number of amidine groups is 1. The number of fused-ring (bicyclic) bond motifs is 1. The second kappa shape index (κ2) is 7.55. The zero-order valence-electron chi connectivity index (χ0n) is 16.7. The van der Waals surface area contributed by atoms with Crippen LogP contribution in [-0.2, 0) is 18.3 Å². The van der Waals surface area contributed by atoms with E-state index in [1.54, 1.807) is 22.7 Å². The Hall–Kier alpha value is -2.80. The highest BCUT2D eigenvalue weighted by Crippen LogP contribution is 2.38. The lowest BCUT2D eigenvalue weighted by Crippen LogP contribution is -2.44. The van der Waals surface area contributed by atoms with Crippen LogP contribution < -0.4 is 10.6 Å². The fourth-order valence-corrected chi connectivity index (χ4v) is 4.32. The van der Waals surface area contributed by atoms with E-state index in [-0.39, 0.29) is 5.91 Å². The van der Waals surface area contributed by atoms with Crippen LogP contribution >= 0.6 is 11.6 Å². The van der Waals surface area contributed by atoms with Gasteiger partial charge in [-0.25, -0.2) is 0 Å². The Kier molecular flexibility index (Phi) is 5.08. The molecule has 0 radical (unpaired) electrons. The lowest BCUT2D eigenvalue weighted by atomic mass is 9.95. The summed E-state index contributed by atoms with van der Waals surface area (Å²) in [5.74, 6) is 0.366. The fraction of sp³-hybridized carbons (Fsp3) is 0.381. The average molecular weight is 413 g/mol. The van der Waals surface area contributed by atoms with Gasteiger partial charge >= 0.3 is 0 Å². The number of anilines is 1. The van der Waals surface area contributed by atoms with Crippen molar-refractivity contribution in [3.8, 4) is 11.1 Å². The molecule has 8 heteroatoms. The van der Waals surface area contributed by atoms with Crippen molar-refractivity contribution in [1.82, 2.24) is 14.7 Å². The highest BCUT2D eigenvalue weighted by Gasteiger charge is 2.28. The van der Waals surface area contributed by atoms with Gasteiger partial charge in [0.05, 0.1) is 17.8 Å². The van der Waals surface area contributed by atoms with E-state index in [9.17, 15) is 4.79 Å². The molecule has 29 heavy (non-hydrogen) atoms. The molecule has 2 aromatic rings. The first kappa shape index (κ1) is 19.5. The highest BCUT2D eigenvalue weighted by molar-refractivity contribution is 6.33. The molecule has 7 nitrogen and oxygen atoms in total. The minimum Gasteiger partial charge on any atom is -0.402 e. The lowest BCUT2D eigenvalue weighted by Gasteiger charge is -2.36. The number of carbonyl (C=O) groups excluding carboxylic acids is 1. The van der Waals surface area contributed by atoms with Gasteiger partial charge in [0, 0.05) is 67.8 Å². The molecule has 0 spiro atoms. The molecular weight excluding hydrogens is 388 g/mol. The summed E-state index contributed by atoms with van der Waals surface area (Å²) in [5, 5.41) is 13.7. The van der Waals surface area contributed by atoms with Crippen molar-refractivity contribution in [3.63, 3.8) is 0 Å². The molecule has 152 valence electrons. The zero-order valence-corrected chi connectivity index (χ0v) is 17.5. The van der Waals surface area contributed by atoms with Gasteiger partial charge in [-0.2, -0.15) is 5.10 Å². The number of halogens is 1. The third kappa shape index (κ3) is 3.62. The number of aryl methyl sites for hydroxylation is 2. The van der Waals surface area contributed by atoms with Crippen LogP contribution in [0.1, 0.15) is 25.3 Å². The molecule has 0 aliphatic carbocycles. The Morgan fingerprint density at radius 1 is 1.28 bits per heavy atom. The quantitative estimate of drug-likeness (QED) is 0.586. The second-order valence-corrected chi connectivity index (χ2v) is 8.07. The maximum absolute atomic E-state index is 11.8. The van der Waals surface area contributed by atoms with E-state index >= 15 is 0 Å². The second-order valence-electron chi connectivity index (χ2n) is 7.66. The van der Waals surface area contributed by atoms with Crippen LogP contribution in [-0.4, -0.2) is 46.1 Å². The first-order valence-corrected chi connectivity index (χ1v) is 10.1. The van der Waals surface area contributed by atoms with Gasteiger partial charge in [0.2, 0.25) is 5.91 Å². The van der Waals surface area contributed by atoms with Crippen LogP contribution in [0.15, 0.2) is 35.8 Å².